The highest BCUT2D eigenvalue weighted by Crippen LogP contribution is 2.31. The van der Waals surface area contributed by atoms with Crippen molar-refractivity contribution in [1.29, 1.82) is 0 Å². The molecular weight excluding hydrogens is 342 g/mol. The number of halogens is 1. The zero-order chi connectivity index (χ0) is 17.9. The molecule has 0 saturated carbocycles. The van der Waals surface area contributed by atoms with Crippen molar-refractivity contribution in [1.82, 2.24) is 0 Å². The first-order chi connectivity index (χ1) is 11.3. The maximum absolute atomic E-state index is 12.8. The largest absolute Gasteiger partial charge is 0.316 e. The standard InChI is InChI=1S/C19H22ClNO2S/c1-5-14-10-15(18(24-14)21-16(22)11-20)17(23)12-6-8-13(9-7-12)19(2,3)4/h6-10H,5,11H2,1-4H3,(H,21,22). The molecule has 2 rings (SSSR count). The van der Waals surface area contributed by atoms with Crippen LogP contribution in [0.3, 0.4) is 0 Å². The molecule has 0 fully saturated rings. The number of amides is 1. The van der Waals surface area contributed by atoms with Crippen molar-refractivity contribution in [3.8, 4) is 0 Å². The van der Waals surface area contributed by atoms with Crippen LogP contribution in [0, 0.1) is 0 Å². The number of aryl methyl sites for hydroxylation is 1. The Morgan fingerprint density at radius 3 is 2.29 bits per heavy atom. The molecule has 1 aromatic heterocycles. The molecule has 128 valence electrons. The summed E-state index contributed by atoms with van der Waals surface area (Å²) < 4.78 is 0. The SMILES string of the molecule is CCc1cc(C(=O)c2ccc(C(C)(C)C)cc2)c(NC(=O)CCl)s1. The van der Waals surface area contributed by atoms with Gasteiger partial charge >= 0.3 is 0 Å². The van der Waals surface area contributed by atoms with E-state index >= 15 is 0 Å². The fourth-order valence-electron chi connectivity index (χ4n) is 2.31. The normalized spacial score (nSPS) is 11.4. The van der Waals surface area contributed by atoms with Gasteiger partial charge in [-0.05, 0) is 23.5 Å². The number of nitrogens with one attached hydrogen (secondary N) is 1. The summed E-state index contributed by atoms with van der Waals surface area (Å²) in [6.07, 6.45) is 0.810. The minimum atomic E-state index is -0.307. The number of rotatable bonds is 5. The van der Waals surface area contributed by atoms with E-state index in [9.17, 15) is 9.59 Å². The lowest BCUT2D eigenvalue weighted by Crippen LogP contribution is -2.14. The van der Waals surface area contributed by atoms with Crippen LogP contribution in [0.5, 0.6) is 0 Å². The summed E-state index contributed by atoms with van der Waals surface area (Å²) in [4.78, 5) is 25.5. The smallest absolute Gasteiger partial charge is 0.239 e. The molecule has 0 unspecified atom stereocenters. The number of carbonyl (C=O) groups is 2. The first-order valence-electron chi connectivity index (χ1n) is 7.90. The van der Waals surface area contributed by atoms with Crippen LogP contribution in [-0.4, -0.2) is 17.6 Å². The van der Waals surface area contributed by atoms with Crippen LogP contribution in [0.25, 0.3) is 0 Å². The third-order valence-corrected chi connectivity index (χ3v) is 5.20. The Bertz CT molecular complexity index is 742. The van der Waals surface area contributed by atoms with E-state index in [1.807, 2.05) is 37.3 Å². The van der Waals surface area contributed by atoms with Crippen LogP contribution in [0.15, 0.2) is 30.3 Å². The number of anilines is 1. The Morgan fingerprint density at radius 2 is 1.79 bits per heavy atom. The molecular formula is C19H22ClNO2S. The molecule has 0 atom stereocenters. The molecule has 0 aliphatic carbocycles. The summed E-state index contributed by atoms with van der Waals surface area (Å²) >= 11 is 6.98. The van der Waals surface area contributed by atoms with Gasteiger partial charge in [0.05, 0.1) is 5.56 Å². The van der Waals surface area contributed by atoms with Crippen molar-refractivity contribution in [3.63, 3.8) is 0 Å². The highest BCUT2D eigenvalue weighted by molar-refractivity contribution is 7.16. The second kappa shape index (κ2) is 7.49. The Morgan fingerprint density at radius 1 is 1.17 bits per heavy atom. The van der Waals surface area contributed by atoms with Gasteiger partial charge in [0.1, 0.15) is 10.9 Å². The number of hydrogen-bond donors (Lipinski definition) is 1. The molecule has 0 saturated heterocycles. The maximum Gasteiger partial charge on any atom is 0.239 e. The van der Waals surface area contributed by atoms with Gasteiger partial charge in [-0.25, -0.2) is 0 Å². The van der Waals surface area contributed by atoms with Gasteiger partial charge in [-0.1, -0.05) is 52.0 Å². The molecule has 24 heavy (non-hydrogen) atoms. The molecule has 0 radical (unpaired) electrons. The summed E-state index contributed by atoms with van der Waals surface area (Å²) in [7, 11) is 0. The molecule has 5 heteroatoms. The second-order valence-corrected chi connectivity index (χ2v) is 8.05. The maximum atomic E-state index is 12.8. The van der Waals surface area contributed by atoms with Gasteiger partial charge in [0.2, 0.25) is 5.91 Å². The van der Waals surface area contributed by atoms with Gasteiger partial charge in [0.25, 0.3) is 0 Å². The first-order valence-corrected chi connectivity index (χ1v) is 9.25. The van der Waals surface area contributed by atoms with Crippen LogP contribution in [0.1, 0.15) is 54.1 Å². The molecule has 3 nitrogen and oxygen atoms in total. The van der Waals surface area contributed by atoms with E-state index in [0.29, 0.717) is 16.1 Å². The number of ketones is 1. The Kier molecular flexibility index (Phi) is 5.83. The van der Waals surface area contributed by atoms with Gasteiger partial charge in [0, 0.05) is 10.4 Å². The van der Waals surface area contributed by atoms with Crippen molar-refractivity contribution < 1.29 is 9.59 Å². The average molecular weight is 364 g/mol. The van der Waals surface area contributed by atoms with E-state index in [1.54, 1.807) is 0 Å². The molecule has 1 N–H and O–H groups in total. The van der Waals surface area contributed by atoms with Crippen molar-refractivity contribution in [2.45, 2.75) is 39.5 Å². The van der Waals surface area contributed by atoms with Gasteiger partial charge in [0.15, 0.2) is 5.78 Å². The van der Waals surface area contributed by atoms with Crippen LogP contribution in [-0.2, 0) is 16.6 Å². The van der Waals surface area contributed by atoms with Gasteiger partial charge in [-0.15, -0.1) is 22.9 Å². The topological polar surface area (TPSA) is 46.2 Å². The van der Waals surface area contributed by atoms with Crippen LogP contribution >= 0.6 is 22.9 Å². The lowest BCUT2D eigenvalue weighted by Gasteiger charge is -2.19. The highest BCUT2D eigenvalue weighted by Gasteiger charge is 2.20. The molecule has 2 aromatic rings. The van der Waals surface area contributed by atoms with Crippen LogP contribution in [0.2, 0.25) is 0 Å². The number of benzene rings is 1. The summed E-state index contributed by atoms with van der Waals surface area (Å²) in [5.74, 6) is -0.526. The second-order valence-electron chi connectivity index (χ2n) is 6.65. The fraction of sp³-hybridized carbons (Fsp3) is 0.368. The van der Waals surface area contributed by atoms with E-state index in [2.05, 4.69) is 26.1 Å². The van der Waals surface area contributed by atoms with Crippen molar-refractivity contribution in [3.05, 3.63) is 51.9 Å². The molecule has 0 aliphatic heterocycles. The van der Waals surface area contributed by atoms with E-state index < -0.39 is 0 Å². The fourth-order valence-corrected chi connectivity index (χ4v) is 3.39. The van der Waals surface area contributed by atoms with Crippen LogP contribution < -0.4 is 5.32 Å². The van der Waals surface area contributed by atoms with E-state index in [1.165, 1.54) is 16.9 Å². The zero-order valence-electron chi connectivity index (χ0n) is 14.4. The lowest BCUT2D eigenvalue weighted by molar-refractivity contribution is -0.113. The molecule has 1 aromatic carbocycles. The third-order valence-electron chi connectivity index (χ3n) is 3.76. The third kappa shape index (κ3) is 4.25. The highest BCUT2D eigenvalue weighted by atomic mass is 35.5. The molecule has 0 bridgehead atoms. The quantitative estimate of drug-likeness (QED) is 0.599. The zero-order valence-corrected chi connectivity index (χ0v) is 16.0. The molecule has 0 aliphatic rings. The van der Waals surface area contributed by atoms with Crippen molar-refractivity contribution in [2.75, 3.05) is 11.2 Å². The Balaban J connectivity index is 2.35. The summed E-state index contributed by atoms with van der Waals surface area (Å²) in [6, 6.07) is 9.52. The molecule has 1 heterocycles. The Labute approximate surface area is 152 Å². The summed E-state index contributed by atoms with van der Waals surface area (Å²) in [6.45, 7) is 8.42. The van der Waals surface area contributed by atoms with E-state index in [0.717, 1.165) is 11.3 Å². The van der Waals surface area contributed by atoms with E-state index in [4.69, 9.17) is 11.6 Å². The van der Waals surface area contributed by atoms with E-state index in [-0.39, 0.29) is 23.0 Å². The molecule has 0 spiro atoms. The minimum Gasteiger partial charge on any atom is -0.316 e. The number of thiophene rings is 1. The van der Waals surface area contributed by atoms with Gasteiger partial charge < -0.3 is 5.32 Å². The van der Waals surface area contributed by atoms with Crippen LogP contribution in [0.4, 0.5) is 5.00 Å². The predicted octanol–water partition coefficient (Wildman–Crippen LogP) is 5.02. The van der Waals surface area contributed by atoms with Gasteiger partial charge in [-0.3, -0.25) is 9.59 Å². The predicted molar refractivity (Wildman–Crippen MR) is 102 cm³/mol. The minimum absolute atomic E-state index is 0.0405. The molecule has 1 amide bonds. The van der Waals surface area contributed by atoms with Crippen molar-refractivity contribution in [2.24, 2.45) is 0 Å². The van der Waals surface area contributed by atoms with Gasteiger partial charge in [-0.2, -0.15) is 0 Å². The average Bonchev–Trinajstić information content (AvgIpc) is 2.96. The van der Waals surface area contributed by atoms with Crippen molar-refractivity contribution >= 4 is 39.6 Å². The summed E-state index contributed by atoms with van der Waals surface area (Å²) in [5.41, 5.74) is 2.36. The monoisotopic (exact) mass is 363 g/mol. The number of hydrogen-bond acceptors (Lipinski definition) is 3. The lowest BCUT2D eigenvalue weighted by atomic mass is 9.86. The first kappa shape index (κ1) is 18.7. The number of alkyl halides is 1. The summed E-state index contributed by atoms with van der Waals surface area (Å²) in [5, 5.41) is 3.30. The number of carbonyl (C=O) groups excluding carboxylic acids is 2. The Hall–Kier alpha value is -1.65.